The first kappa shape index (κ1) is 12.2. The highest BCUT2D eigenvalue weighted by Crippen LogP contribution is 2.29. The van der Waals surface area contributed by atoms with E-state index in [0.29, 0.717) is 6.07 Å². The number of rotatable bonds is 2. The van der Waals surface area contributed by atoms with E-state index in [-0.39, 0.29) is 10.0 Å². The summed E-state index contributed by atoms with van der Waals surface area (Å²) in [6, 6.07) is 1.76. The molecule has 0 spiro atoms. The number of aliphatic hydroxyl groups is 1. The summed E-state index contributed by atoms with van der Waals surface area (Å²) in [5.41, 5.74) is -0.145. The Hall–Kier alpha value is 0.1000. The van der Waals surface area contributed by atoms with Gasteiger partial charge in [0.15, 0.2) is 0 Å². The van der Waals surface area contributed by atoms with Crippen molar-refractivity contribution >= 4 is 39.1 Å². The van der Waals surface area contributed by atoms with E-state index >= 15 is 0 Å². The molecular formula is C8H5BrCl2F2O. The monoisotopic (exact) mass is 304 g/mol. The Bertz CT molecular complexity index is 346. The van der Waals surface area contributed by atoms with Crippen LogP contribution in [-0.2, 0) is 0 Å². The summed E-state index contributed by atoms with van der Waals surface area (Å²) in [7, 11) is 0. The Morgan fingerprint density at radius 2 is 1.79 bits per heavy atom. The maximum Gasteiger partial charge on any atom is 0.140 e. The number of hydrogen-bond donors (Lipinski definition) is 1. The molecular weight excluding hydrogens is 301 g/mol. The van der Waals surface area contributed by atoms with E-state index in [1.165, 1.54) is 0 Å². The molecule has 0 aliphatic carbocycles. The predicted octanol–water partition coefficient (Wildman–Crippen LogP) is 3.56. The molecule has 14 heavy (non-hydrogen) atoms. The summed E-state index contributed by atoms with van der Waals surface area (Å²) in [4.78, 5) is -1.16. The van der Waals surface area contributed by atoms with Gasteiger partial charge in [0.25, 0.3) is 0 Å². The van der Waals surface area contributed by atoms with E-state index < -0.39 is 22.6 Å². The lowest BCUT2D eigenvalue weighted by Gasteiger charge is -2.13. The van der Waals surface area contributed by atoms with E-state index in [9.17, 15) is 13.9 Å². The fourth-order valence-electron chi connectivity index (χ4n) is 0.900. The van der Waals surface area contributed by atoms with Gasteiger partial charge in [0.1, 0.15) is 22.6 Å². The molecule has 0 bridgehead atoms. The smallest absolute Gasteiger partial charge is 0.140 e. The molecule has 1 aromatic rings. The minimum atomic E-state index is -1.38. The van der Waals surface area contributed by atoms with E-state index in [4.69, 9.17) is 23.2 Å². The average molecular weight is 306 g/mol. The zero-order valence-corrected chi connectivity index (χ0v) is 9.74. The van der Waals surface area contributed by atoms with Crippen LogP contribution in [0.15, 0.2) is 16.6 Å². The Morgan fingerprint density at radius 1 is 1.21 bits per heavy atom. The maximum atomic E-state index is 13.1. The van der Waals surface area contributed by atoms with Crippen molar-refractivity contribution in [1.82, 2.24) is 0 Å². The topological polar surface area (TPSA) is 20.2 Å². The second kappa shape index (κ2) is 4.75. The molecule has 1 rings (SSSR count). The quantitative estimate of drug-likeness (QED) is 0.654. The van der Waals surface area contributed by atoms with Crippen LogP contribution in [0.1, 0.15) is 11.7 Å². The second-order valence-corrected chi connectivity index (χ2v) is 4.59. The van der Waals surface area contributed by atoms with Crippen molar-refractivity contribution in [3.05, 3.63) is 33.8 Å². The zero-order valence-electron chi connectivity index (χ0n) is 6.65. The summed E-state index contributed by atoms with van der Waals surface area (Å²) in [6.07, 6.45) is -1.38. The lowest BCUT2D eigenvalue weighted by Crippen LogP contribution is -2.08. The fraction of sp³-hybridized carbons (Fsp3) is 0.250. The maximum absolute atomic E-state index is 13.1. The first-order valence-electron chi connectivity index (χ1n) is 3.54. The van der Waals surface area contributed by atoms with Gasteiger partial charge in [-0.25, -0.2) is 8.78 Å². The van der Waals surface area contributed by atoms with Gasteiger partial charge >= 0.3 is 0 Å². The van der Waals surface area contributed by atoms with E-state index in [1.54, 1.807) is 0 Å². The number of halogens is 5. The third-order valence-corrected chi connectivity index (χ3v) is 2.68. The lowest BCUT2D eigenvalue weighted by atomic mass is 10.1. The third-order valence-electron chi connectivity index (χ3n) is 1.60. The van der Waals surface area contributed by atoms with Gasteiger partial charge in [0, 0.05) is 11.6 Å². The van der Waals surface area contributed by atoms with Gasteiger partial charge in [-0.15, -0.1) is 23.2 Å². The highest BCUT2D eigenvalue weighted by Gasteiger charge is 2.21. The molecule has 1 nitrogen and oxygen atoms in total. The highest BCUT2D eigenvalue weighted by molar-refractivity contribution is 9.10. The van der Waals surface area contributed by atoms with Gasteiger partial charge in [-0.05, 0) is 22.0 Å². The first-order chi connectivity index (χ1) is 6.43. The fourth-order valence-corrected chi connectivity index (χ4v) is 1.53. The van der Waals surface area contributed by atoms with Crippen LogP contribution in [0.25, 0.3) is 0 Å². The van der Waals surface area contributed by atoms with Gasteiger partial charge in [0.2, 0.25) is 0 Å². The Labute approximate surface area is 97.8 Å². The number of hydrogen-bond acceptors (Lipinski definition) is 1. The number of benzene rings is 1. The second-order valence-electron chi connectivity index (χ2n) is 2.57. The average Bonchev–Trinajstić information content (AvgIpc) is 2.10. The third kappa shape index (κ3) is 2.57. The largest absolute Gasteiger partial charge is 0.385 e. The normalized spacial score (nSPS) is 13.4. The van der Waals surface area contributed by atoms with Crippen LogP contribution >= 0.6 is 39.1 Å². The summed E-state index contributed by atoms with van der Waals surface area (Å²) < 4.78 is 25.9. The van der Waals surface area contributed by atoms with Gasteiger partial charge in [0.05, 0.1) is 4.47 Å². The van der Waals surface area contributed by atoms with Crippen LogP contribution in [0.4, 0.5) is 8.78 Å². The van der Waals surface area contributed by atoms with Crippen molar-refractivity contribution in [2.45, 2.75) is 10.9 Å². The van der Waals surface area contributed by atoms with Crippen molar-refractivity contribution in [3.8, 4) is 0 Å². The van der Waals surface area contributed by atoms with Crippen LogP contribution in [0, 0.1) is 11.6 Å². The molecule has 6 heteroatoms. The van der Waals surface area contributed by atoms with E-state index in [1.807, 2.05) is 0 Å². The lowest BCUT2D eigenvalue weighted by molar-refractivity contribution is 0.187. The van der Waals surface area contributed by atoms with Gasteiger partial charge in [-0.1, -0.05) is 0 Å². The highest BCUT2D eigenvalue weighted by atomic mass is 79.9. The molecule has 1 aromatic carbocycles. The summed E-state index contributed by atoms with van der Waals surface area (Å²) in [5.74, 6) is -1.64. The standard InChI is InChI=1S/C8H5BrCl2F2O/c9-4-1-3(7(14)8(10)11)5(12)2-6(4)13/h1-2,7-8,14H. The molecule has 1 unspecified atom stereocenters. The summed E-state index contributed by atoms with van der Waals surface area (Å²) in [6.45, 7) is 0. The number of alkyl halides is 2. The molecule has 0 saturated carbocycles. The molecule has 0 heterocycles. The molecule has 0 aliphatic heterocycles. The molecule has 0 saturated heterocycles. The molecule has 78 valence electrons. The molecule has 1 N–H and O–H groups in total. The minimum absolute atomic E-state index is 0.0435. The van der Waals surface area contributed by atoms with Crippen molar-refractivity contribution in [2.75, 3.05) is 0 Å². The molecule has 1 atom stereocenters. The van der Waals surface area contributed by atoms with Crippen LogP contribution in [-0.4, -0.2) is 9.94 Å². The van der Waals surface area contributed by atoms with Gasteiger partial charge in [-0.3, -0.25) is 0 Å². The SMILES string of the molecule is OC(c1cc(Br)c(F)cc1F)C(Cl)Cl. The van der Waals surface area contributed by atoms with Gasteiger partial charge in [-0.2, -0.15) is 0 Å². The Kier molecular flexibility index (Phi) is 4.13. The van der Waals surface area contributed by atoms with E-state index in [0.717, 1.165) is 6.07 Å². The molecule has 0 radical (unpaired) electrons. The Balaban J connectivity index is 3.15. The van der Waals surface area contributed by atoms with E-state index in [2.05, 4.69) is 15.9 Å². The zero-order chi connectivity index (χ0) is 10.9. The van der Waals surface area contributed by atoms with Crippen LogP contribution in [0.5, 0.6) is 0 Å². The Morgan fingerprint density at radius 3 is 2.29 bits per heavy atom. The van der Waals surface area contributed by atoms with Crippen molar-refractivity contribution in [1.29, 1.82) is 0 Å². The molecule has 0 amide bonds. The molecule has 0 fully saturated rings. The number of aliphatic hydroxyl groups excluding tert-OH is 1. The van der Waals surface area contributed by atoms with Crippen LogP contribution in [0.2, 0.25) is 0 Å². The molecule has 0 aromatic heterocycles. The molecule has 0 aliphatic rings. The minimum Gasteiger partial charge on any atom is -0.385 e. The summed E-state index contributed by atoms with van der Waals surface area (Å²) in [5, 5.41) is 9.35. The first-order valence-corrected chi connectivity index (χ1v) is 5.20. The predicted molar refractivity (Wildman–Crippen MR) is 54.5 cm³/mol. The van der Waals surface area contributed by atoms with Crippen molar-refractivity contribution in [3.63, 3.8) is 0 Å². The summed E-state index contributed by atoms with van der Waals surface area (Å²) >= 11 is 13.6. The van der Waals surface area contributed by atoms with Crippen LogP contribution in [0.3, 0.4) is 0 Å². The van der Waals surface area contributed by atoms with Crippen molar-refractivity contribution < 1.29 is 13.9 Å². The van der Waals surface area contributed by atoms with Crippen molar-refractivity contribution in [2.24, 2.45) is 0 Å². The van der Waals surface area contributed by atoms with Gasteiger partial charge < -0.3 is 5.11 Å². The van der Waals surface area contributed by atoms with Crippen LogP contribution < -0.4 is 0 Å².